The molecule has 4 heteroatoms. The van der Waals surface area contributed by atoms with Crippen molar-refractivity contribution in [1.29, 1.82) is 0 Å². The molecule has 0 saturated heterocycles. The third-order valence-electron chi connectivity index (χ3n) is 9.63. The molecule has 0 atom stereocenters. The van der Waals surface area contributed by atoms with Crippen molar-refractivity contribution >= 4 is 71.6 Å². The van der Waals surface area contributed by atoms with E-state index >= 15 is 0 Å². The molecule has 0 amide bonds. The van der Waals surface area contributed by atoms with Crippen LogP contribution in [0.25, 0.3) is 71.5 Å². The number of benzene rings is 7. The number of aromatic nitrogens is 2. The molecule has 0 spiro atoms. The number of hydrogen-bond acceptors (Lipinski definition) is 3. The summed E-state index contributed by atoms with van der Waals surface area (Å²) < 4.78 is 8.71. The van der Waals surface area contributed by atoms with E-state index in [-0.39, 0.29) is 0 Å². The van der Waals surface area contributed by atoms with Gasteiger partial charge in [-0.3, -0.25) is 4.98 Å². The molecule has 10 rings (SSSR count). The van der Waals surface area contributed by atoms with Crippen LogP contribution in [0.2, 0.25) is 0 Å². The number of anilines is 3. The van der Waals surface area contributed by atoms with Crippen LogP contribution in [-0.4, -0.2) is 9.55 Å². The van der Waals surface area contributed by atoms with Crippen LogP contribution in [0.4, 0.5) is 17.1 Å². The SMILES string of the molecule is c1ccc(N(c2ccc(-c3nccc4c3oc3ccccc34)cc2)c2ccc(-n3c4ccccc4c4ccc5ccccc5c43)cc2)cc1. The van der Waals surface area contributed by atoms with E-state index < -0.39 is 0 Å². The van der Waals surface area contributed by atoms with Gasteiger partial charge in [-0.25, -0.2) is 0 Å². The van der Waals surface area contributed by atoms with Gasteiger partial charge in [0.1, 0.15) is 11.3 Å². The van der Waals surface area contributed by atoms with Gasteiger partial charge in [-0.2, -0.15) is 0 Å². The minimum atomic E-state index is 0.810. The van der Waals surface area contributed by atoms with Gasteiger partial charge in [-0.15, -0.1) is 0 Å². The molecule has 0 radical (unpaired) electrons. The summed E-state index contributed by atoms with van der Waals surface area (Å²) in [5.41, 5.74) is 10.3. The Kier molecular flexibility index (Phi) is 6.15. The fraction of sp³-hybridized carbons (Fsp3) is 0. The van der Waals surface area contributed by atoms with Crippen LogP contribution in [0.3, 0.4) is 0 Å². The first-order valence-electron chi connectivity index (χ1n) is 16.5. The smallest absolute Gasteiger partial charge is 0.161 e. The van der Waals surface area contributed by atoms with Crippen LogP contribution >= 0.6 is 0 Å². The summed E-state index contributed by atoms with van der Waals surface area (Å²) in [6.45, 7) is 0. The van der Waals surface area contributed by atoms with Crippen molar-refractivity contribution < 1.29 is 4.42 Å². The molecule has 4 nitrogen and oxygen atoms in total. The van der Waals surface area contributed by atoms with Crippen molar-refractivity contribution in [3.8, 4) is 16.9 Å². The van der Waals surface area contributed by atoms with Crippen LogP contribution in [0.5, 0.6) is 0 Å². The van der Waals surface area contributed by atoms with Gasteiger partial charge >= 0.3 is 0 Å². The van der Waals surface area contributed by atoms with Crippen molar-refractivity contribution in [1.82, 2.24) is 9.55 Å². The minimum Gasteiger partial charge on any atom is -0.454 e. The summed E-state index contributed by atoms with van der Waals surface area (Å²) in [5.74, 6) is 0. The van der Waals surface area contributed by atoms with Crippen molar-refractivity contribution in [2.45, 2.75) is 0 Å². The van der Waals surface area contributed by atoms with E-state index in [9.17, 15) is 0 Å². The average Bonchev–Trinajstić information content (AvgIpc) is 3.72. The van der Waals surface area contributed by atoms with E-state index in [2.05, 4.69) is 155 Å². The molecule has 0 saturated carbocycles. The van der Waals surface area contributed by atoms with Gasteiger partial charge in [0.25, 0.3) is 0 Å². The molecular formula is C45H29N3O. The van der Waals surface area contributed by atoms with Crippen molar-refractivity contribution in [2.24, 2.45) is 0 Å². The van der Waals surface area contributed by atoms with Crippen LogP contribution < -0.4 is 4.90 Å². The third-order valence-corrected chi connectivity index (χ3v) is 9.63. The Morgan fingerprint density at radius 3 is 1.94 bits per heavy atom. The second-order valence-electron chi connectivity index (χ2n) is 12.4. The van der Waals surface area contributed by atoms with E-state index in [0.717, 1.165) is 55.9 Å². The Bertz CT molecular complexity index is 2810. The van der Waals surface area contributed by atoms with Crippen molar-refractivity contribution in [2.75, 3.05) is 4.90 Å². The monoisotopic (exact) mass is 627 g/mol. The Balaban J connectivity index is 1.08. The largest absolute Gasteiger partial charge is 0.454 e. The summed E-state index contributed by atoms with van der Waals surface area (Å²) >= 11 is 0. The highest BCUT2D eigenvalue weighted by atomic mass is 16.3. The molecule has 0 fully saturated rings. The first kappa shape index (κ1) is 27.5. The molecule has 0 unspecified atom stereocenters. The highest BCUT2D eigenvalue weighted by molar-refractivity contribution is 6.18. The second kappa shape index (κ2) is 11.0. The Labute approximate surface area is 282 Å². The second-order valence-corrected chi connectivity index (χ2v) is 12.4. The molecule has 0 aliphatic carbocycles. The van der Waals surface area contributed by atoms with E-state index in [1.807, 2.05) is 30.5 Å². The summed E-state index contributed by atoms with van der Waals surface area (Å²) in [7, 11) is 0. The van der Waals surface area contributed by atoms with Gasteiger partial charge in [-0.05, 0) is 72.1 Å². The molecule has 230 valence electrons. The van der Waals surface area contributed by atoms with Crippen molar-refractivity contribution in [3.63, 3.8) is 0 Å². The van der Waals surface area contributed by atoms with Gasteiger partial charge in [0.15, 0.2) is 5.58 Å². The first-order valence-corrected chi connectivity index (χ1v) is 16.5. The maximum Gasteiger partial charge on any atom is 0.161 e. The third kappa shape index (κ3) is 4.35. The molecule has 0 aliphatic heterocycles. The number of rotatable bonds is 5. The first-order chi connectivity index (χ1) is 24.3. The van der Waals surface area contributed by atoms with E-state index in [1.54, 1.807) is 0 Å². The van der Waals surface area contributed by atoms with Gasteiger partial charge in [0, 0.05) is 61.4 Å². The van der Waals surface area contributed by atoms with Crippen LogP contribution in [0, 0.1) is 0 Å². The van der Waals surface area contributed by atoms with Crippen LogP contribution in [0.15, 0.2) is 180 Å². The zero-order chi connectivity index (χ0) is 32.3. The number of nitrogens with zero attached hydrogens (tertiary/aromatic N) is 3. The van der Waals surface area contributed by atoms with Gasteiger partial charge in [-0.1, -0.05) is 103 Å². The molecule has 7 aromatic carbocycles. The quantitative estimate of drug-likeness (QED) is 0.190. The summed E-state index contributed by atoms with van der Waals surface area (Å²) in [6.07, 6.45) is 1.87. The Morgan fingerprint density at radius 1 is 0.469 bits per heavy atom. The zero-order valence-electron chi connectivity index (χ0n) is 26.5. The van der Waals surface area contributed by atoms with Gasteiger partial charge in [0.2, 0.25) is 0 Å². The summed E-state index contributed by atoms with van der Waals surface area (Å²) in [5, 5.41) is 7.18. The number of pyridine rings is 1. The topological polar surface area (TPSA) is 34.2 Å². The number of fused-ring (bicyclic) bond motifs is 8. The number of para-hydroxylation sites is 3. The average molecular weight is 628 g/mol. The van der Waals surface area contributed by atoms with Gasteiger partial charge < -0.3 is 13.9 Å². The summed E-state index contributed by atoms with van der Waals surface area (Å²) in [4.78, 5) is 7.05. The maximum absolute atomic E-state index is 6.30. The lowest BCUT2D eigenvalue weighted by Crippen LogP contribution is -2.10. The summed E-state index contributed by atoms with van der Waals surface area (Å²) in [6, 6.07) is 60.1. The van der Waals surface area contributed by atoms with Crippen LogP contribution in [0.1, 0.15) is 0 Å². The van der Waals surface area contributed by atoms with E-state index in [1.165, 1.54) is 32.6 Å². The molecule has 0 N–H and O–H groups in total. The predicted molar refractivity (Wildman–Crippen MR) is 203 cm³/mol. The normalized spacial score (nSPS) is 11.7. The molecule has 3 aromatic heterocycles. The molecule has 10 aromatic rings. The lowest BCUT2D eigenvalue weighted by atomic mass is 10.1. The van der Waals surface area contributed by atoms with Gasteiger partial charge in [0.05, 0.1) is 11.0 Å². The minimum absolute atomic E-state index is 0.810. The highest BCUT2D eigenvalue weighted by Crippen LogP contribution is 2.40. The molecule has 3 heterocycles. The lowest BCUT2D eigenvalue weighted by molar-refractivity contribution is 0.668. The predicted octanol–water partition coefficient (Wildman–Crippen LogP) is 12.4. The maximum atomic E-state index is 6.30. The molecule has 0 bridgehead atoms. The fourth-order valence-electron chi connectivity index (χ4n) is 7.40. The standard InChI is InChI=1S/C45H29N3O/c1-2-11-32(12-3-1)47(33-21-18-31(19-22-33)43-45-40(28-29-46-43)38-15-7-9-17-42(38)49-45)34-23-25-35(26-24-34)48-41-16-8-6-14-37(41)39-27-20-30-10-4-5-13-36(30)44(39)48/h1-29H. The van der Waals surface area contributed by atoms with E-state index in [4.69, 9.17) is 9.40 Å². The Hall–Kier alpha value is -6.65. The van der Waals surface area contributed by atoms with Crippen LogP contribution in [-0.2, 0) is 0 Å². The zero-order valence-corrected chi connectivity index (χ0v) is 26.5. The fourth-order valence-corrected chi connectivity index (χ4v) is 7.40. The Morgan fingerprint density at radius 2 is 1.12 bits per heavy atom. The highest BCUT2D eigenvalue weighted by Gasteiger charge is 2.18. The lowest BCUT2D eigenvalue weighted by Gasteiger charge is -2.26. The molecular weight excluding hydrogens is 599 g/mol. The number of furan rings is 1. The van der Waals surface area contributed by atoms with Crippen molar-refractivity contribution in [3.05, 3.63) is 176 Å². The molecule has 49 heavy (non-hydrogen) atoms. The number of hydrogen-bond donors (Lipinski definition) is 0. The molecule has 0 aliphatic rings. The van der Waals surface area contributed by atoms with E-state index in [0.29, 0.717) is 0 Å².